The van der Waals surface area contributed by atoms with Crippen molar-refractivity contribution in [3.05, 3.63) is 62.7 Å². The number of piperazine rings is 1. The van der Waals surface area contributed by atoms with Crippen molar-refractivity contribution in [2.75, 3.05) is 44.7 Å². The first-order valence-electron chi connectivity index (χ1n) is 10.7. The lowest BCUT2D eigenvalue weighted by Gasteiger charge is -2.36. The Morgan fingerprint density at radius 1 is 1.22 bits per heavy atom. The molecule has 2 aromatic heterocycles. The molecule has 0 bridgehead atoms. The predicted octanol–water partition coefficient (Wildman–Crippen LogP) is 2.19. The largest absolute Gasteiger partial charge is 0.492 e. The van der Waals surface area contributed by atoms with Gasteiger partial charge in [0.2, 0.25) is 0 Å². The van der Waals surface area contributed by atoms with Crippen LogP contribution >= 0.6 is 11.6 Å². The van der Waals surface area contributed by atoms with Gasteiger partial charge in [-0.2, -0.15) is 0 Å². The number of H-pyrrole nitrogens is 1. The third kappa shape index (κ3) is 3.80. The van der Waals surface area contributed by atoms with Gasteiger partial charge in [0.25, 0.3) is 11.5 Å². The van der Waals surface area contributed by atoms with Crippen molar-refractivity contribution in [3.8, 4) is 5.75 Å². The maximum atomic E-state index is 12.3. The summed E-state index contributed by atoms with van der Waals surface area (Å²) in [5, 5.41) is 3.86. The second-order valence-electron chi connectivity index (χ2n) is 8.09. The Morgan fingerprint density at radius 2 is 2.03 bits per heavy atom. The number of ether oxygens (including phenoxy) is 1. The minimum absolute atomic E-state index is 0.0521. The van der Waals surface area contributed by atoms with E-state index >= 15 is 0 Å². The number of aromatic nitrogens is 2. The first-order chi connectivity index (χ1) is 15.5. The third-order valence-corrected chi connectivity index (χ3v) is 6.41. The fourth-order valence-electron chi connectivity index (χ4n) is 4.42. The number of hydrogen-bond donors (Lipinski definition) is 2. The summed E-state index contributed by atoms with van der Waals surface area (Å²) in [6, 6.07) is 9.75. The molecule has 32 heavy (non-hydrogen) atoms. The molecule has 0 unspecified atom stereocenters. The number of carbonyl (C=O) groups is 1. The number of halogens is 1. The van der Waals surface area contributed by atoms with E-state index in [0.717, 1.165) is 66.2 Å². The van der Waals surface area contributed by atoms with Gasteiger partial charge in [-0.25, -0.2) is 4.98 Å². The Labute approximate surface area is 190 Å². The van der Waals surface area contributed by atoms with Crippen LogP contribution < -0.4 is 20.5 Å². The summed E-state index contributed by atoms with van der Waals surface area (Å²) >= 11 is 6.35. The van der Waals surface area contributed by atoms with Gasteiger partial charge in [0, 0.05) is 51.6 Å². The lowest BCUT2D eigenvalue weighted by atomic mass is 10.1. The standard InChI is InChI=1S/C23H24ClN5O3/c1-25-23(31)17-4-5-19(21(24)26-17)29-9-7-28(8-10-29)13-14-2-3-15-18(12-14)27-22(30)16-6-11-32-20(15)16/h2-5,12H,6-11,13H2,1H3,(H,25,31)(H,27,30). The molecule has 4 heterocycles. The highest BCUT2D eigenvalue weighted by Gasteiger charge is 2.22. The van der Waals surface area contributed by atoms with E-state index in [1.54, 1.807) is 13.1 Å². The molecule has 0 saturated carbocycles. The molecule has 3 aromatic rings. The second kappa shape index (κ2) is 8.44. The van der Waals surface area contributed by atoms with Crippen molar-refractivity contribution in [1.29, 1.82) is 0 Å². The number of carbonyl (C=O) groups excluding carboxylic acids is 1. The zero-order chi connectivity index (χ0) is 22.2. The molecule has 0 atom stereocenters. The van der Waals surface area contributed by atoms with Crippen LogP contribution in [0.2, 0.25) is 5.15 Å². The maximum absolute atomic E-state index is 12.3. The van der Waals surface area contributed by atoms with Crippen molar-refractivity contribution in [3.63, 3.8) is 0 Å². The number of anilines is 1. The normalized spacial score (nSPS) is 16.1. The van der Waals surface area contributed by atoms with Gasteiger partial charge in [0.05, 0.1) is 23.4 Å². The summed E-state index contributed by atoms with van der Waals surface area (Å²) in [4.78, 5) is 35.9. The number of pyridine rings is 2. The van der Waals surface area contributed by atoms with Gasteiger partial charge in [-0.3, -0.25) is 14.5 Å². The number of fused-ring (bicyclic) bond motifs is 3. The quantitative estimate of drug-likeness (QED) is 0.588. The molecule has 0 aliphatic carbocycles. The summed E-state index contributed by atoms with van der Waals surface area (Å²) in [7, 11) is 1.57. The van der Waals surface area contributed by atoms with Crippen LogP contribution in [0.5, 0.6) is 5.75 Å². The smallest absolute Gasteiger partial charge is 0.269 e. The van der Waals surface area contributed by atoms with Crippen molar-refractivity contribution in [2.24, 2.45) is 0 Å². The third-order valence-electron chi connectivity index (χ3n) is 6.13. The molecule has 2 aliphatic heterocycles. The van der Waals surface area contributed by atoms with E-state index in [2.05, 4.69) is 31.2 Å². The van der Waals surface area contributed by atoms with E-state index in [1.807, 2.05) is 18.2 Å². The Bertz CT molecular complexity index is 1250. The number of amides is 1. The van der Waals surface area contributed by atoms with Gasteiger partial charge in [-0.15, -0.1) is 0 Å². The molecule has 1 saturated heterocycles. The molecule has 8 nitrogen and oxygen atoms in total. The lowest BCUT2D eigenvalue weighted by Crippen LogP contribution is -2.46. The topological polar surface area (TPSA) is 90.6 Å². The fourth-order valence-corrected chi connectivity index (χ4v) is 4.70. The average Bonchev–Trinajstić information content (AvgIpc) is 3.30. The Balaban J connectivity index is 1.26. The van der Waals surface area contributed by atoms with Gasteiger partial charge in [0.15, 0.2) is 5.15 Å². The maximum Gasteiger partial charge on any atom is 0.269 e. The van der Waals surface area contributed by atoms with E-state index in [0.29, 0.717) is 23.9 Å². The molecule has 0 spiro atoms. The molecule has 1 amide bonds. The Hall–Kier alpha value is -3.10. The monoisotopic (exact) mass is 453 g/mol. The molecule has 2 aliphatic rings. The Kier molecular flexibility index (Phi) is 5.48. The van der Waals surface area contributed by atoms with Crippen LogP contribution in [-0.2, 0) is 13.0 Å². The highest BCUT2D eigenvalue weighted by Crippen LogP contribution is 2.31. The fraction of sp³-hybridized carbons (Fsp3) is 0.348. The zero-order valence-corrected chi connectivity index (χ0v) is 18.5. The van der Waals surface area contributed by atoms with Crippen molar-refractivity contribution >= 4 is 34.1 Å². The van der Waals surface area contributed by atoms with Gasteiger partial charge < -0.3 is 19.9 Å². The summed E-state index contributed by atoms with van der Waals surface area (Å²) in [5.74, 6) is 0.480. The highest BCUT2D eigenvalue weighted by molar-refractivity contribution is 6.32. The molecule has 9 heteroatoms. The molecule has 0 radical (unpaired) electrons. The van der Waals surface area contributed by atoms with Crippen LogP contribution in [0.25, 0.3) is 10.9 Å². The van der Waals surface area contributed by atoms with Crippen molar-refractivity contribution in [1.82, 2.24) is 20.2 Å². The molecule has 5 rings (SSSR count). The van der Waals surface area contributed by atoms with E-state index in [9.17, 15) is 9.59 Å². The number of nitrogens with zero attached hydrogens (tertiary/aromatic N) is 3. The van der Waals surface area contributed by atoms with Gasteiger partial charge >= 0.3 is 0 Å². The lowest BCUT2D eigenvalue weighted by molar-refractivity contribution is 0.0958. The van der Waals surface area contributed by atoms with Crippen molar-refractivity contribution in [2.45, 2.75) is 13.0 Å². The van der Waals surface area contributed by atoms with Gasteiger partial charge in [-0.1, -0.05) is 17.7 Å². The minimum atomic E-state index is -0.253. The summed E-state index contributed by atoms with van der Waals surface area (Å²) in [5.41, 5.74) is 3.82. The summed E-state index contributed by atoms with van der Waals surface area (Å²) in [6.45, 7) is 4.73. The van der Waals surface area contributed by atoms with Crippen LogP contribution in [0.3, 0.4) is 0 Å². The SMILES string of the molecule is CNC(=O)c1ccc(N2CCN(Cc3ccc4c5c(c(=O)[nH]c4c3)CCO5)CC2)c(Cl)n1. The van der Waals surface area contributed by atoms with Crippen LogP contribution in [-0.4, -0.2) is 60.6 Å². The second-order valence-corrected chi connectivity index (χ2v) is 8.45. The number of benzene rings is 1. The highest BCUT2D eigenvalue weighted by atomic mass is 35.5. The molecule has 2 N–H and O–H groups in total. The summed E-state index contributed by atoms with van der Waals surface area (Å²) in [6.07, 6.45) is 0.667. The first-order valence-corrected chi connectivity index (χ1v) is 11.1. The number of hydrogen-bond acceptors (Lipinski definition) is 6. The molecule has 1 aromatic carbocycles. The van der Waals surface area contributed by atoms with Gasteiger partial charge in [-0.05, 0) is 29.8 Å². The van der Waals surface area contributed by atoms with Crippen LogP contribution in [0.4, 0.5) is 5.69 Å². The van der Waals surface area contributed by atoms with Crippen molar-refractivity contribution < 1.29 is 9.53 Å². The first kappa shape index (κ1) is 20.8. The minimum Gasteiger partial charge on any atom is -0.492 e. The summed E-state index contributed by atoms with van der Waals surface area (Å²) < 4.78 is 5.70. The van der Waals surface area contributed by atoms with E-state index in [4.69, 9.17) is 16.3 Å². The number of aromatic amines is 1. The van der Waals surface area contributed by atoms with E-state index in [-0.39, 0.29) is 11.5 Å². The molecular weight excluding hydrogens is 430 g/mol. The van der Waals surface area contributed by atoms with Crippen LogP contribution in [0, 0.1) is 0 Å². The molecule has 166 valence electrons. The Morgan fingerprint density at radius 3 is 2.78 bits per heavy atom. The molecule has 1 fully saturated rings. The van der Waals surface area contributed by atoms with Crippen LogP contribution in [0.15, 0.2) is 35.1 Å². The predicted molar refractivity (Wildman–Crippen MR) is 124 cm³/mol. The molecular formula is C23H24ClN5O3. The average molecular weight is 454 g/mol. The van der Waals surface area contributed by atoms with E-state index < -0.39 is 0 Å². The number of nitrogens with one attached hydrogen (secondary N) is 2. The zero-order valence-electron chi connectivity index (χ0n) is 17.8. The van der Waals surface area contributed by atoms with E-state index in [1.165, 1.54) is 0 Å². The van der Waals surface area contributed by atoms with Crippen LogP contribution in [0.1, 0.15) is 21.6 Å². The number of rotatable bonds is 4. The van der Waals surface area contributed by atoms with Gasteiger partial charge in [0.1, 0.15) is 11.4 Å².